The molecule has 4 nitrogen and oxygen atoms in total. The van der Waals surface area contributed by atoms with Gasteiger partial charge in [0.25, 0.3) is 5.91 Å². The fraction of sp³-hybridized carbons (Fsp3) is 0.133. The maximum Gasteiger partial charge on any atom is 0.266 e. The minimum Gasteiger partial charge on any atom is -0.343 e. The summed E-state index contributed by atoms with van der Waals surface area (Å²) in [5.74, 6) is -0.00246. The van der Waals surface area contributed by atoms with Crippen LogP contribution in [0.15, 0.2) is 108 Å². The first-order chi connectivity index (χ1) is 17.1. The van der Waals surface area contributed by atoms with Gasteiger partial charge in [-0.1, -0.05) is 72.3 Å². The van der Waals surface area contributed by atoms with Gasteiger partial charge >= 0.3 is 0 Å². The van der Waals surface area contributed by atoms with E-state index in [0.29, 0.717) is 18.0 Å². The van der Waals surface area contributed by atoms with Crippen LogP contribution in [-0.2, 0) is 17.8 Å². The van der Waals surface area contributed by atoms with Crippen LogP contribution in [0.3, 0.4) is 0 Å². The lowest BCUT2D eigenvalue weighted by Crippen LogP contribution is -2.31. The summed E-state index contributed by atoms with van der Waals surface area (Å²) in [6.07, 6.45) is 6.75. The zero-order chi connectivity index (χ0) is 24.2. The third-order valence-electron chi connectivity index (χ3n) is 6.05. The number of aryl methyl sites for hydroxylation is 1. The molecule has 1 amide bonds. The van der Waals surface area contributed by atoms with E-state index in [1.54, 1.807) is 0 Å². The predicted octanol–water partition coefficient (Wildman–Crippen LogP) is 6.98. The van der Waals surface area contributed by atoms with E-state index in [-0.39, 0.29) is 5.91 Å². The Morgan fingerprint density at radius 3 is 2.49 bits per heavy atom. The number of allylic oxidation sites excluding steroid dienone is 1. The molecule has 5 rings (SSSR count). The van der Waals surface area contributed by atoms with E-state index in [1.165, 1.54) is 22.9 Å². The lowest BCUT2D eigenvalue weighted by atomic mass is 10.1. The van der Waals surface area contributed by atoms with Crippen LogP contribution >= 0.6 is 11.8 Å². The zero-order valence-corrected chi connectivity index (χ0v) is 20.5. The van der Waals surface area contributed by atoms with Crippen molar-refractivity contribution in [3.8, 4) is 0 Å². The largest absolute Gasteiger partial charge is 0.343 e. The lowest BCUT2D eigenvalue weighted by molar-refractivity contribution is -0.122. The third-order valence-corrected chi connectivity index (χ3v) is 7.05. The molecule has 1 saturated heterocycles. The number of thioether (sulfide) groups is 1. The van der Waals surface area contributed by atoms with Crippen molar-refractivity contribution in [1.29, 1.82) is 0 Å². The van der Waals surface area contributed by atoms with Crippen molar-refractivity contribution >= 4 is 45.5 Å². The number of amides is 1. The number of hydrogen-bond donors (Lipinski definition) is 0. The number of aliphatic imine (C=N–C) groups is 1. The summed E-state index contributed by atoms with van der Waals surface area (Å²) < 4.78 is 2.16. The summed E-state index contributed by atoms with van der Waals surface area (Å²) >= 11 is 1.45. The van der Waals surface area contributed by atoms with E-state index in [1.807, 2.05) is 71.6 Å². The molecule has 4 aromatic rings. The highest BCUT2D eigenvalue weighted by Crippen LogP contribution is 2.36. The topological polar surface area (TPSA) is 37.6 Å². The highest BCUT2D eigenvalue weighted by atomic mass is 32.2. The molecule has 0 atom stereocenters. The fourth-order valence-electron chi connectivity index (χ4n) is 4.23. The van der Waals surface area contributed by atoms with Crippen molar-refractivity contribution < 1.29 is 4.79 Å². The van der Waals surface area contributed by atoms with Gasteiger partial charge in [0.05, 0.1) is 10.6 Å². The van der Waals surface area contributed by atoms with Gasteiger partial charge in [-0.2, -0.15) is 0 Å². The molecule has 0 spiro atoms. The summed E-state index contributed by atoms with van der Waals surface area (Å²) in [6.45, 7) is 7.23. The number of amidine groups is 1. The molecule has 0 radical (unpaired) electrons. The number of rotatable bonds is 7. The first-order valence-corrected chi connectivity index (χ1v) is 12.5. The smallest absolute Gasteiger partial charge is 0.266 e. The molecular formula is C30H27N3OS. The fourth-order valence-corrected chi connectivity index (χ4v) is 5.24. The van der Waals surface area contributed by atoms with Crippen molar-refractivity contribution in [2.75, 3.05) is 6.54 Å². The van der Waals surface area contributed by atoms with Crippen LogP contribution in [0, 0.1) is 6.92 Å². The minimum atomic E-state index is -0.00246. The van der Waals surface area contributed by atoms with Crippen molar-refractivity contribution in [2.45, 2.75) is 19.9 Å². The molecule has 1 aliphatic heterocycles. The van der Waals surface area contributed by atoms with E-state index in [4.69, 9.17) is 4.99 Å². The van der Waals surface area contributed by atoms with Crippen LogP contribution in [0.2, 0.25) is 0 Å². The van der Waals surface area contributed by atoms with Crippen molar-refractivity contribution in [1.82, 2.24) is 9.47 Å². The summed E-state index contributed by atoms with van der Waals surface area (Å²) in [5.41, 5.74) is 5.38. The Kier molecular flexibility index (Phi) is 6.68. The second kappa shape index (κ2) is 10.2. The maximum absolute atomic E-state index is 13.6. The average Bonchev–Trinajstić information content (AvgIpc) is 3.37. The average molecular weight is 478 g/mol. The number of fused-ring (bicyclic) bond motifs is 1. The predicted molar refractivity (Wildman–Crippen MR) is 148 cm³/mol. The molecule has 5 heteroatoms. The number of hydrogen-bond acceptors (Lipinski definition) is 3. The molecule has 0 bridgehead atoms. The monoisotopic (exact) mass is 477 g/mol. The van der Waals surface area contributed by atoms with E-state index < -0.39 is 0 Å². The van der Waals surface area contributed by atoms with E-state index >= 15 is 0 Å². The molecule has 1 aromatic heterocycles. The second-order valence-electron chi connectivity index (χ2n) is 8.58. The Hall–Kier alpha value is -3.83. The van der Waals surface area contributed by atoms with Gasteiger partial charge in [0.2, 0.25) is 0 Å². The maximum atomic E-state index is 13.6. The third kappa shape index (κ3) is 5.00. The van der Waals surface area contributed by atoms with Gasteiger partial charge in [-0.05, 0) is 54.9 Å². The lowest BCUT2D eigenvalue weighted by Gasteiger charge is -2.15. The highest BCUT2D eigenvalue weighted by Gasteiger charge is 2.33. The molecule has 0 saturated carbocycles. The Labute approximate surface area is 210 Å². The van der Waals surface area contributed by atoms with Crippen molar-refractivity contribution in [3.05, 3.63) is 119 Å². The van der Waals surface area contributed by atoms with Gasteiger partial charge in [0.1, 0.15) is 0 Å². The molecule has 174 valence electrons. The van der Waals surface area contributed by atoms with Gasteiger partial charge in [0.15, 0.2) is 5.17 Å². The van der Waals surface area contributed by atoms with Crippen LogP contribution in [0.25, 0.3) is 17.0 Å². The molecule has 0 unspecified atom stereocenters. The van der Waals surface area contributed by atoms with Crippen LogP contribution < -0.4 is 0 Å². The van der Waals surface area contributed by atoms with Gasteiger partial charge in [-0.3, -0.25) is 9.69 Å². The summed E-state index contributed by atoms with van der Waals surface area (Å²) in [5, 5.41) is 1.84. The molecule has 2 heterocycles. The number of aromatic nitrogens is 1. The molecular weight excluding hydrogens is 450 g/mol. The quantitative estimate of drug-likeness (QED) is 0.213. The number of carbonyl (C=O) groups is 1. The highest BCUT2D eigenvalue weighted by molar-refractivity contribution is 8.18. The molecule has 1 fully saturated rings. The van der Waals surface area contributed by atoms with Crippen LogP contribution in [-0.4, -0.2) is 27.1 Å². The van der Waals surface area contributed by atoms with Gasteiger partial charge in [-0.15, -0.1) is 6.58 Å². The Bertz CT molecular complexity index is 1430. The normalized spacial score (nSPS) is 16.0. The van der Waals surface area contributed by atoms with E-state index in [2.05, 4.69) is 48.5 Å². The second-order valence-corrected chi connectivity index (χ2v) is 9.58. The molecule has 1 aliphatic rings. The van der Waals surface area contributed by atoms with E-state index in [0.717, 1.165) is 33.7 Å². The summed E-state index contributed by atoms with van der Waals surface area (Å²) in [6, 6.07) is 26.6. The SMILES string of the molecule is C=CCn1cc(/C=C2/SC(=Nc3ccc(C)cc3)N(CCc3ccccc3)C2=O)c2ccccc21. The molecule has 0 aliphatic carbocycles. The van der Waals surface area contributed by atoms with Gasteiger partial charge < -0.3 is 4.57 Å². The number of nitrogens with zero attached hydrogens (tertiary/aromatic N) is 3. The minimum absolute atomic E-state index is 0.00246. The van der Waals surface area contributed by atoms with Gasteiger partial charge in [-0.25, -0.2) is 4.99 Å². The Morgan fingerprint density at radius 1 is 0.971 bits per heavy atom. The van der Waals surface area contributed by atoms with Gasteiger partial charge in [0, 0.05) is 35.8 Å². The first kappa shape index (κ1) is 22.9. The van der Waals surface area contributed by atoms with Crippen molar-refractivity contribution in [2.24, 2.45) is 4.99 Å². The molecule has 0 N–H and O–H groups in total. The Balaban J connectivity index is 1.51. The number of benzene rings is 3. The van der Waals surface area contributed by atoms with Crippen LogP contribution in [0.4, 0.5) is 5.69 Å². The number of carbonyl (C=O) groups excluding carboxylic acids is 1. The van der Waals surface area contributed by atoms with E-state index in [9.17, 15) is 4.79 Å². The molecule has 3 aromatic carbocycles. The summed E-state index contributed by atoms with van der Waals surface area (Å²) in [7, 11) is 0. The van der Waals surface area contributed by atoms with Crippen LogP contribution in [0.5, 0.6) is 0 Å². The van der Waals surface area contributed by atoms with Crippen LogP contribution in [0.1, 0.15) is 16.7 Å². The number of para-hydroxylation sites is 1. The van der Waals surface area contributed by atoms with Crippen molar-refractivity contribution in [3.63, 3.8) is 0 Å². The zero-order valence-electron chi connectivity index (χ0n) is 19.7. The Morgan fingerprint density at radius 2 is 1.71 bits per heavy atom. The summed E-state index contributed by atoms with van der Waals surface area (Å²) in [4.78, 5) is 20.9. The molecule has 35 heavy (non-hydrogen) atoms. The first-order valence-electron chi connectivity index (χ1n) is 11.7. The standard InChI is InChI=1S/C30H27N3OS/c1-3-18-32-21-24(26-11-7-8-12-27(26)32)20-28-29(34)33(19-17-23-9-5-4-6-10-23)30(35-28)31-25-15-13-22(2)14-16-25/h3-16,20-21H,1,17-19H2,2H3/b28-20+,31-30?.